The van der Waals surface area contributed by atoms with Crippen LogP contribution in [0.15, 0.2) is 47.2 Å². The van der Waals surface area contributed by atoms with Gasteiger partial charge in [0.1, 0.15) is 5.82 Å². The van der Waals surface area contributed by atoms with Gasteiger partial charge in [0.05, 0.1) is 0 Å². The summed E-state index contributed by atoms with van der Waals surface area (Å²) in [4.78, 5) is 4.13. The molecule has 1 aromatic carbocycles. The molecule has 2 rings (SSSR count). The minimum absolute atomic E-state index is 0.159. The smallest absolute Gasteiger partial charge is 0.126 e. The Kier molecular flexibility index (Phi) is 5.05. The molecule has 0 radical (unpaired) electrons. The second-order valence-electron chi connectivity index (χ2n) is 4.61. The molecule has 0 bridgehead atoms. The first-order chi connectivity index (χ1) is 9.19. The van der Waals surface area contributed by atoms with Crippen molar-refractivity contribution in [2.75, 3.05) is 6.54 Å². The summed E-state index contributed by atoms with van der Waals surface area (Å²) >= 11 is 3.40. The maximum atomic E-state index is 13.6. The quantitative estimate of drug-likeness (QED) is 0.916. The Bertz CT molecular complexity index is 545. The van der Waals surface area contributed by atoms with E-state index in [9.17, 15) is 4.39 Å². The highest BCUT2D eigenvalue weighted by Gasteiger charge is 2.12. The number of halogens is 2. The van der Waals surface area contributed by atoms with Crippen LogP contribution in [0.4, 0.5) is 4.39 Å². The fourth-order valence-electron chi connectivity index (χ4n) is 2.11. The first kappa shape index (κ1) is 14.2. The van der Waals surface area contributed by atoms with Gasteiger partial charge in [-0.15, -0.1) is 0 Å². The summed E-state index contributed by atoms with van der Waals surface area (Å²) in [5.74, 6) is 0.0568. The zero-order valence-electron chi connectivity index (χ0n) is 10.5. The van der Waals surface area contributed by atoms with E-state index in [4.69, 9.17) is 5.73 Å². The summed E-state index contributed by atoms with van der Waals surface area (Å²) in [5.41, 5.74) is 7.64. The molecule has 0 spiro atoms. The van der Waals surface area contributed by atoms with Crippen LogP contribution in [0.25, 0.3) is 0 Å². The minimum atomic E-state index is -0.159. The Morgan fingerprint density at radius 2 is 2.00 bits per heavy atom. The highest BCUT2D eigenvalue weighted by molar-refractivity contribution is 9.10. The van der Waals surface area contributed by atoms with Crippen LogP contribution in [0, 0.1) is 11.7 Å². The molecule has 0 amide bonds. The molecular weight excluding hydrogens is 307 g/mol. The topological polar surface area (TPSA) is 38.9 Å². The first-order valence-electron chi connectivity index (χ1n) is 6.22. The van der Waals surface area contributed by atoms with Crippen LogP contribution >= 0.6 is 15.9 Å². The monoisotopic (exact) mass is 322 g/mol. The van der Waals surface area contributed by atoms with E-state index in [-0.39, 0.29) is 11.7 Å². The largest absolute Gasteiger partial charge is 0.330 e. The van der Waals surface area contributed by atoms with Crippen molar-refractivity contribution in [3.63, 3.8) is 0 Å². The third-order valence-corrected chi connectivity index (χ3v) is 3.52. The molecule has 1 heterocycles. The number of aromatic nitrogens is 1. The number of nitrogens with two attached hydrogens (primary N) is 1. The number of benzene rings is 1. The lowest BCUT2D eigenvalue weighted by Crippen LogP contribution is -2.20. The van der Waals surface area contributed by atoms with Crippen LogP contribution in [0.3, 0.4) is 0 Å². The van der Waals surface area contributed by atoms with E-state index >= 15 is 0 Å². The van der Waals surface area contributed by atoms with Crippen molar-refractivity contribution in [3.05, 3.63) is 64.1 Å². The third kappa shape index (κ3) is 4.11. The highest BCUT2D eigenvalue weighted by atomic mass is 79.9. The molecule has 0 aliphatic heterocycles. The number of nitrogens with zero attached hydrogens (tertiary/aromatic N) is 1. The van der Waals surface area contributed by atoms with E-state index in [0.717, 1.165) is 22.0 Å². The van der Waals surface area contributed by atoms with Crippen molar-refractivity contribution in [2.24, 2.45) is 11.7 Å². The average Bonchev–Trinajstić information content (AvgIpc) is 2.40. The van der Waals surface area contributed by atoms with Gasteiger partial charge in [-0.05, 0) is 64.5 Å². The second-order valence-corrected chi connectivity index (χ2v) is 5.53. The molecule has 0 fully saturated rings. The third-order valence-electron chi connectivity index (χ3n) is 3.09. The van der Waals surface area contributed by atoms with Crippen molar-refractivity contribution >= 4 is 15.9 Å². The summed E-state index contributed by atoms with van der Waals surface area (Å²) in [6, 6.07) is 8.89. The van der Waals surface area contributed by atoms with E-state index in [0.29, 0.717) is 13.0 Å². The number of hydrogen-bond acceptors (Lipinski definition) is 2. The molecule has 4 heteroatoms. The molecule has 19 heavy (non-hydrogen) atoms. The van der Waals surface area contributed by atoms with E-state index in [1.165, 1.54) is 6.07 Å². The van der Waals surface area contributed by atoms with Crippen LogP contribution < -0.4 is 5.73 Å². The van der Waals surface area contributed by atoms with Crippen LogP contribution in [-0.2, 0) is 12.8 Å². The molecule has 2 nitrogen and oxygen atoms in total. The Labute approximate surface area is 121 Å². The lowest BCUT2D eigenvalue weighted by Gasteiger charge is -2.15. The first-order valence-corrected chi connectivity index (χ1v) is 7.01. The van der Waals surface area contributed by atoms with Crippen molar-refractivity contribution in [1.29, 1.82) is 0 Å². The summed E-state index contributed by atoms with van der Waals surface area (Å²) in [5, 5.41) is 0. The Morgan fingerprint density at radius 1 is 1.21 bits per heavy atom. The molecule has 0 aliphatic carbocycles. The Hall–Kier alpha value is -1.26. The van der Waals surface area contributed by atoms with Gasteiger partial charge in [0, 0.05) is 16.9 Å². The summed E-state index contributed by atoms with van der Waals surface area (Å²) in [7, 11) is 0. The molecule has 1 aromatic heterocycles. The summed E-state index contributed by atoms with van der Waals surface area (Å²) in [6.45, 7) is 0.529. The maximum absolute atomic E-state index is 13.6. The lowest BCUT2D eigenvalue weighted by molar-refractivity contribution is 0.511. The van der Waals surface area contributed by atoms with E-state index in [2.05, 4.69) is 20.9 Å². The van der Waals surface area contributed by atoms with Gasteiger partial charge in [0.15, 0.2) is 0 Å². The highest BCUT2D eigenvalue weighted by Crippen LogP contribution is 2.18. The summed E-state index contributed by atoms with van der Waals surface area (Å²) < 4.78 is 14.6. The molecule has 100 valence electrons. The Morgan fingerprint density at radius 3 is 2.68 bits per heavy atom. The van der Waals surface area contributed by atoms with Crippen molar-refractivity contribution in [2.45, 2.75) is 12.8 Å². The fourth-order valence-corrected chi connectivity index (χ4v) is 2.53. The van der Waals surface area contributed by atoms with E-state index in [1.54, 1.807) is 12.3 Å². The SMILES string of the molecule is NCC(Cc1cncc(Br)c1)Cc1ccccc1F. The van der Waals surface area contributed by atoms with Crippen LogP contribution in [0.5, 0.6) is 0 Å². The van der Waals surface area contributed by atoms with Crippen LogP contribution in [0.1, 0.15) is 11.1 Å². The van der Waals surface area contributed by atoms with Gasteiger partial charge in [0.25, 0.3) is 0 Å². The van der Waals surface area contributed by atoms with Crippen molar-refractivity contribution in [3.8, 4) is 0 Å². The van der Waals surface area contributed by atoms with Crippen LogP contribution in [-0.4, -0.2) is 11.5 Å². The molecule has 2 N–H and O–H groups in total. The normalized spacial score (nSPS) is 12.4. The van der Waals surface area contributed by atoms with E-state index in [1.807, 2.05) is 24.4 Å². The van der Waals surface area contributed by atoms with Crippen molar-refractivity contribution < 1.29 is 4.39 Å². The van der Waals surface area contributed by atoms with Gasteiger partial charge in [0.2, 0.25) is 0 Å². The van der Waals surface area contributed by atoms with Gasteiger partial charge in [-0.25, -0.2) is 4.39 Å². The molecule has 2 aromatic rings. The lowest BCUT2D eigenvalue weighted by atomic mass is 9.93. The molecular formula is C15H16BrFN2. The summed E-state index contributed by atoms with van der Waals surface area (Å²) in [6.07, 6.45) is 5.03. The predicted molar refractivity (Wildman–Crippen MR) is 78.3 cm³/mol. The molecule has 1 unspecified atom stereocenters. The molecule has 0 saturated heterocycles. The van der Waals surface area contributed by atoms with E-state index < -0.39 is 0 Å². The van der Waals surface area contributed by atoms with Crippen LogP contribution in [0.2, 0.25) is 0 Å². The predicted octanol–water partition coefficient (Wildman–Crippen LogP) is 3.34. The van der Waals surface area contributed by atoms with Gasteiger partial charge in [-0.1, -0.05) is 18.2 Å². The zero-order valence-corrected chi connectivity index (χ0v) is 12.1. The van der Waals surface area contributed by atoms with Gasteiger partial charge < -0.3 is 5.73 Å². The Balaban J connectivity index is 2.07. The zero-order chi connectivity index (χ0) is 13.7. The minimum Gasteiger partial charge on any atom is -0.330 e. The van der Waals surface area contributed by atoms with Crippen molar-refractivity contribution in [1.82, 2.24) is 4.98 Å². The average molecular weight is 323 g/mol. The molecule has 0 saturated carbocycles. The van der Waals surface area contributed by atoms with Gasteiger partial charge in [-0.3, -0.25) is 4.98 Å². The van der Waals surface area contributed by atoms with Gasteiger partial charge in [-0.2, -0.15) is 0 Å². The molecule has 1 atom stereocenters. The maximum Gasteiger partial charge on any atom is 0.126 e. The number of rotatable bonds is 5. The fraction of sp³-hybridized carbons (Fsp3) is 0.267. The van der Waals surface area contributed by atoms with Gasteiger partial charge >= 0.3 is 0 Å². The number of hydrogen-bond donors (Lipinski definition) is 1. The molecule has 0 aliphatic rings. The second kappa shape index (κ2) is 6.78. The number of pyridine rings is 1. The standard InChI is InChI=1S/C15H16BrFN2/c16-14-7-12(9-19-10-14)5-11(8-18)6-13-3-1-2-4-15(13)17/h1-4,7,9-11H,5-6,8,18H2.